The molecule has 0 aliphatic carbocycles. The van der Waals surface area contributed by atoms with Crippen LogP contribution >= 0.6 is 7.75 Å². The van der Waals surface area contributed by atoms with E-state index in [1.807, 2.05) is 12.1 Å². The first-order valence-corrected chi connectivity index (χ1v) is 8.11. The number of halogens is 1. The predicted molar refractivity (Wildman–Crippen MR) is 80.0 cm³/mol. The number of benzene rings is 2. The Balaban J connectivity index is 2.10. The van der Waals surface area contributed by atoms with Crippen molar-refractivity contribution in [3.63, 3.8) is 0 Å². The van der Waals surface area contributed by atoms with Gasteiger partial charge in [-0.2, -0.15) is 0 Å². The van der Waals surface area contributed by atoms with Crippen LogP contribution in [0.2, 0.25) is 0 Å². The highest BCUT2D eigenvalue weighted by Crippen LogP contribution is 2.41. The van der Waals surface area contributed by atoms with Crippen LogP contribution in [0.15, 0.2) is 48.5 Å². The maximum Gasteiger partial charge on any atom is 0.510 e. The molecular weight excluding hydrogens is 292 g/mol. The fourth-order valence-electron chi connectivity index (χ4n) is 1.73. The molecule has 0 bridgehead atoms. The Morgan fingerprint density at radius 1 is 1.05 bits per heavy atom. The van der Waals surface area contributed by atoms with Crippen LogP contribution in [0.4, 0.5) is 4.39 Å². The predicted octanol–water partition coefficient (Wildman–Crippen LogP) is 4.47. The molecule has 21 heavy (non-hydrogen) atoms. The molecule has 0 aromatic heterocycles. The molecular formula is C15H17FNO3P. The van der Waals surface area contributed by atoms with Crippen molar-refractivity contribution in [1.82, 2.24) is 0 Å². The molecule has 0 fully saturated rings. The Labute approximate surface area is 123 Å². The van der Waals surface area contributed by atoms with Crippen molar-refractivity contribution in [3.8, 4) is 11.5 Å². The quantitative estimate of drug-likeness (QED) is 0.828. The molecule has 2 aromatic carbocycles. The largest absolute Gasteiger partial charge is 0.510 e. The molecule has 0 radical (unpaired) electrons. The van der Waals surface area contributed by atoms with E-state index in [2.05, 4.69) is 13.8 Å². The second-order valence-electron chi connectivity index (χ2n) is 4.88. The average molecular weight is 309 g/mol. The molecule has 0 heterocycles. The van der Waals surface area contributed by atoms with Crippen LogP contribution in [0.25, 0.3) is 0 Å². The van der Waals surface area contributed by atoms with Crippen LogP contribution in [-0.4, -0.2) is 0 Å². The van der Waals surface area contributed by atoms with Crippen molar-refractivity contribution >= 4 is 7.75 Å². The van der Waals surface area contributed by atoms with E-state index in [4.69, 9.17) is 14.6 Å². The van der Waals surface area contributed by atoms with Gasteiger partial charge in [-0.3, -0.25) is 0 Å². The summed E-state index contributed by atoms with van der Waals surface area (Å²) in [6.45, 7) is 4.12. The normalized spacial score (nSPS) is 13.8. The standard InChI is InChI=1S/C15H17FNO3P/c1-11(2)12-7-9-13(10-8-12)19-21(17,18)20-15-6-4-3-5-14(15)16/h3-11H,1-2H3,(H2,17,18)/t21-/m1/s1. The van der Waals surface area contributed by atoms with Crippen molar-refractivity contribution in [1.29, 1.82) is 0 Å². The van der Waals surface area contributed by atoms with E-state index >= 15 is 0 Å². The molecule has 2 N–H and O–H groups in total. The lowest BCUT2D eigenvalue weighted by atomic mass is 10.0. The van der Waals surface area contributed by atoms with Gasteiger partial charge in [-0.25, -0.2) is 14.5 Å². The van der Waals surface area contributed by atoms with Crippen molar-refractivity contribution in [2.75, 3.05) is 0 Å². The molecule has 0 unspecified atom stereocenters. The van der Waals surface area contributed by atoms with Crippen molar-refractivity contribution < 1.29 is 18.0 Å². The topological polar surface area (TPSA) is 61.5 Å². The molecule has 6 heteroatoms. The molecule has 1 atom stereocenters. The number of para-hydroxylation sites is 1. The molecule has 0 saturated carbocycles. The summed E-state index contributed by atoms with van der Waals surface area (Å²) < 4.78 is 35.6. The van der Waals surface area contributed by atoms with Gasteiger partial charge in [-0.15, -0.1) is 0 Å². The summed E-state index contributed by atoms with van der Waals surface area (Å²) in [4.78, 5) is 0. The van der Waals surface area contributed by atoms with Crippen LogP contribution in [0.3, 0.4) is 0 Å². The van der Waals surface area contributed by atoms with Gasteiger partial charge in [0.05, 0.1) is 0 Å². The fraction of sp³-hybridized carbons (Fsp3) is 0.200. The molecule has 0 saturated heterocycles. The fourth-order valence-corrected chi connectivity index (χ4v) is 2.61. The minimum absolute atomic E-state index is 0.206. The lowest BCUT2D eigenvalue weighted by Crippen LogP contribution is -2.09. The molecule has 2 aromatic rings. The third kappa shape index (κ3) is 4.31. The lowest BCUT2D eigenvalue weighted by molar-refractivity contribution is 0.377. The minimum Gasteiger partial charge on any atom is -0.405 e. The van der Waals surface area contributed by atoms with Crippen LogP contribution in [0, 0.1) is 5.82 Å². The molecule has 4 nitrogen and oxygen atoms in total. The van der Waals surface area contributed by atoms with Crippen LogP contribution < -0.4 is 14.6 Å². The van der Waals surface area contributed by atoms with Gasteiger partial charge in [0.2, 0.25) is 0 Å². The van der Waals surface area contributed by atoms with Crippen molar-refractivity contribution in [2.24, 2.45) is 5.50 Å². The zero-order chi connectivity index (χ0) is 15.5. The summed E-state index contributed by atoms with van der Waals surface area (Å²) in [6, 6.07) is 12.6. The van der Waals surface area contributed by atoms with E-state index in [0.29, 0.717) is 11.7 Å². The van der Waals surface area contributed by atoms with Gasteiger partial charge in [-0.05, 0) is 35.7 Å². The van der Waals surface area contributed by atoms with E-state index in [9.17, 15) is 8.96 Å². The second kappa shape index (κ2) is 6.29. The molecule has 0 aliphatic heterocycles. The van der Waals surface area contributed by atoms with Crippen molar-refractivity contribution in [3.05, 3.63) is 59.9 Å². The highest BCUT2D eigenvalue weighted by Gasteiger charge is 2.23. The number of hydrogen-bond donors (Lipinski definition) is 1. The summed E-state index contributed by atoms with van der Waals surface area (Å²) in [5, 5.41) is 0. The molecule has 2 rings (SSSR count). The number of hydrogen-bond acceptors (Lipinski definition) is 3. The zero-order valence-electron chi connectivity index (χ0n) is 11.8. The zero-order valence-corrected chi connectivity index (χ0v) is 12.7. The van der Waals surface area contributed by atoms with Gasteiger partial charge in [0.15, 0.2) is 11.6 Å². The Bertz CT molecular complexity index is 658. The summed E-state index contributed by atoms with van der Waals surface area (Å²) >= 11 is 0. The first-order valence-electron chi connectivity index (χ1n) is 6.50. The molecule has 0 aliphatic rings. The minimum atomic E-state index is -3.94. The third-order valence-corrected chi connectivity index (χ3v) is 3.76. The molecule has 112 valence electrons. The molecule has 0 amide bonds. The van der Waals surface area contributed by atoms with Gasteiger partial charge in [-0.1, -0.05) is 38.1 Å². The monoisotopic (exact) mass is 309 g/mol. The highest BCUT2D eigenvalue weighted by molar-refractivity contribution is 7.52. The summed E-state index contributed by atoms with van der Waals surface area (Å²) in [7, 11) is -3.94. The van der Waals surface area contributed by atoms with E-state index in [1.165, 1.54) is 18.2 Å². The first-order chi connectivity index (χ1) is 9.87. The Morgan fingerprint density at radius 3 is 2.24 bits per heavy atom. The summed E-state index contributed by atoms with van der Waals surface area (Å²) in [5.41, 5.74) is 6.61. The maximum atomic E-state index is 13.4. The van der Waals surface area contributed by atoms with Gasteiger partial charge >= 0.3 is 7.75 Å². The third-order valence-electron chi connectivity index (χ3n) is 2.84. The smallest absolute Gasteiger partial charge is 0.405 e. The van der Waals surface area contributed by atoms with E-state index in [-0.39, 0.29) is 5.75 Å². The van der Waals surface area contributed by atoms with Crippen molar-refractivity contribution in [2.45, 2.75) is 19.8 Å². The van der Waals surface area contributed by atoms with E-state index in [1.54, 1.807) is 18.2 Å². The van der Waals surface area contributed by atoms with Crippen LogP contribution in [0.1, 0.15) is 25.3 Å². The summed E-state index contributed by atoms with van der Waals surface area (Å²) in [6.07, 6.45) is 0. The van der Waals surface area contributed by atoms with Crippen LogP contribution in [0.5, 0.6) is 11.5 Å². The SMILES string of the molecule is CC(C)c1ccc(O[P@@](N)(=O)Oc2ccccc2F)cc1. The average Bonchev–Trinajstić information content (AvgIpc) is 2.41. The van der Waals surface area contributed by atoms with Gasteiger partial charge in [0, 0.05) is 0 Å². The Kier molecular flexibility index (Phi) is 4.66. The van der Waals surface area contributed by atoms with Gasteiger partial charge in [0.1, 0.15) is 5.75 Å². The van der Waals surface area contributed by atoms with Gasteiger partial charge < -0.3 is 9.05 Å². The molecule has 0 spiro atoms. The second-order valence-corrected chi connectivity index (χ2v) is 6.32. The van der Waals surface area contributed by atoms with Crippen LogP contribution in [-0.2, 0) is 4.57 Å². The highest BCUT2D eigenvalue weighted by atomic mass is 31.2. The van der Waals surface area contributed by atoms with Gasteiger partial charge in [0.25, 0.3) is 0 Å². The first kappa shape index (κ1) is 15.5. The number of nitrogens with two attached hydrogens (primary N) is 1. The summed E-state index contributed by atoms with van der Waals surface area (Å²) in [5.74, 6) is -0.177. The van der Waals surface area contributed by atoms with E-state index < -0.39 is 13.6 Å². The maximum absolute atomic E-state index is 13.4. The number of rotatable bonds is 5. The lowest BCUT2D eigenvalue weighted by Gasteiger charge is -2.16. The Hall–Kier alpha value is -1.84. The van der Waals surface area contributed by atoms with E-state index in [0.717, 1.165) is 5.56 Å². The Morgan fingerprint density at radius 2 is 1.67 bits per heavy atom.